The molecule has 0 aliphatic carbocycles. The Labute approximate surface area is 245 Å². The van der Waals surface area contributed by atoms with Crippen LogP contribution in [0.3, 0.4) is 0 Å². The summed E-state index contributed by atoms with van der Waals surface area (Å²) in [6.07, 6.45) is 0.749. The van der Waals surface area contributed by atoms with Crippen LogP contribution in [0.5, 0.6) is 0 Å². The molecule has 40 heavy (non-hydrogen) atoms. The lowest BCUT2D eigenvalue weighted by molar-refractivity contribution is -0.145. The highest BCUT2D eigenvalue weighted by Crippen LogP contribution is 2.30. The summed E-state index contributed by atoms with van der Waals surface area (Å²) in [4.78, 5) is 54.1. The van der Waals surface area contributed by atoms with E-state index in [4.69, 9.17) is 9.47 Å². The van der Waals surface area contributed by atoms with Gasteiger partial charge in [-0.05, 0) is 78.4 Å². The van der Waals surface area contributed by atoms with Crippen molar-refractivity contribution in [2.45, 2.75) is 105 Å². The maximum atomic E-state index is 14.2. The molecular formula is C30H49N3O6S. The van der Waals surface area contributed by atoms with Crippen molar-refractivity contribution in [3.63, 3.8) is 0 Å². The molecule has 0 saturated carbocycles. The Kier molecular flexibility index (Phi) is 14.6. The third-order valence-electron chi connectivity index (χ3n) is 6.25. The maximum absolute atomic E-state index is 14.2. The molecule has 2 N–H and O–H groups in total. The van der Waals surface area contributed by atoms with Gasteiger partial charge >= 0.3 is 12.1 Å². The highest BCUT2D eigenvalue weighted by atomic mass is 32.1. The quantitative estimate of drug-likeness (QED) is 0.214. The van der Waals surface area contributed by atoms with Crippen LogP contribution in [-0.2, 0) is 23.9 Å². The summed E-state index contributed by atoms with van der Waals surface area (Å²) in [5.74, 6) is -0.879. The molecule has 10 heteroatoms. The van der Waals surface area contributed by atoms with E-state index in [0.717, 1.165) is 17.5 Å². The van der Waals surface area contributed by atoms with Crippen LogP contribution in [0.15, 0.2) is 18.2 Å². The average Bonchev–Trinajstić information content (AvgIpc) is 2.84. The van der Waals surface area contributed by atoms with Gasteiger partial charge in [-0.1, -0.05) is 37.6 Å². The van der Waals surface area contributed by atoms with Gasteiger partial charge in [0.15, 0.2) is 0 Å². The molecule has 1 aromatic rings. The number of esters is 1. The first-order valence-electron chi connectivity index (χ1n) is 14.0. The number of aryl methyl sites for hydroxylation is 2. The fourth-order valence-corrected chi connectivity index (χ4v) is 4.46. The van der Waals surface area contributed by atoms with Gasteiger partial charge in [0.05, 0.1) is 13.0 Å². The van der Waals surface area contributed by atoms with Crippen LogP contribution < -0.4 is 10.6 Å². The summed E-state index contributed by atoms with van der Waals surface area (Å²) < 4.78 is 10.4. The van der Waals surface area contributed by atoms with E-state index in [9.17, 15) is 19.2 Å². The first kappa shape index (κ1) is 35.3. The summed E-state index contributed by atoms with van der Waals surface area (Å²) in [6.45, 7) is 17.2. The topological polar surface area (TPSA) is 114 Å². The lowest BCUT2D eigenvalue weighted by Crippen LogP contribution is -2.56. The van der Waals surface area contributed by atoms with Gasteiger partial charge in [0.2, 0.25) is 11.8 Å². The van der Waals surface area contributed by atoms with Crippen molar-refractivity contribution in [1.82, 2.24) is 15.5 Å². The molecule has 0 saturated heterocycles. The predicted molar refractivity (Wildman–Crippen MR) is 160 cm³/mol. The zero-order chi connectivity index (χ0) is 30.6. The predicted octanol–water partition coefficient (Wildman–Crippen LogP) is 4.89. The van der Waals surface area contributed by atoms with Crippen LogP contribution in [0.1, 0.15) is 90.5 Å². The molecule has 1 rings (SSSR count). The Morgan fingerprint density at radius 2 is 1.70 bits per heavy atom. The number of carbonyl (C=O) groups excluding carboxylic acids is 4. The summed E-state index contributed by atoms with van der Waals surface area (Å²) in [6, 6.07) is 3.39. The molecule has 0 fully saturated rings. The van der Waals surface area contributed by atoms with E-state index >= 15 is 0 Å². The van der Waals surface area contributed by atoms with Gasteiger partial charge in [0.1, 0.15) is 17.7 Å². The SMILES string of the molecule is CCOC(=O)CCNC(=O)C(c1cc(C)ccc1C)N(C(=O)C(CS)NC(=O)OC(C)(C)C)C(C)CCC(C)C. The van der Waals surface area contributed by atoms with Gasteiger partial charge in [0.25, 0.3) is 0 Å². The number of thiol groups is 1. The Bertz CT molecular complexity index is 1010. The van der Waals surface area contributed by atoms with Crippen LogP contribution in [0.4, 0.5) is 4.79 Å². The smallest absolute Gasteiger partial charge is 0.408 e. The largest absolute Gasteiger partial charge is 0.466 e. The lowest BCUT2D eigenvalue weighted by Gasteiger charge is -2.39. The van der Waals surface area contributed by atoms with Crippen LogP contribution in [-0.4, -0.2) is 65.4 Å². The third kappa shape index (κ3) is 11.8. The fraction of sp³-hybridized carbons (Fsp3) is 0.667. The van der Waals surface area contributed by atoms with E-state index in [1.54, 1.807) is 32.6 Å². The van der Waals surface area contributed by atoms with Crippen molar-refractivity contribution in [3.8, 4) is 0 Å². The highest BCUT2D eigenvalue weighted by molar-refractivity contribution is 7.80. The van der Waals surface area contributed by atoms with Gasteiger partial charge in [-0.25, -0.2) is 4.79 Å². The second-order valence-electron chi connectivity index (χ2n) is 11.6. The lowest BCUT2D eigenvalue weighted by atomic mass is 9.93. The summed E-state index contributed by atoms with van der Waals surface area (Å²) in [7, 11) is 0. The van der Waals surface area contributed by atoms with Crippen LogP contribution in [0.2, 0.25) is 0 Å². The number of ether oxygens (including phenoxy) is 2. The Balaban J connectivity index is 3.55. The molecule has 0 aliphatic heterocycles. The molecule has 226 valence electrons. The number of carbonyl (C=O) groups is 4. The first-order chi connectivity index (χ1) is 18.6. The van der Waals surface area contributed by atoms with Gasteiger partial charge in [0, 0.05) is 18.3 Å². The van der Waals surface area contributed by atoms with Gasteiger partial charge in [-0.3, -0.25) is 14.4 Å². The van der Waals surface area contributed by atoms with E-state index < -0.39 is 41.6 Å². The molecular weight excluding hydrogens is 530 g/mol. The van der Waals surface area contributed by atoms with Gasteiger partial charge in [-0.2, -0.15) is 12.6 Å². The Morgan fingerprint density at radius 3 is 2.25 bits per heavy atom. The minimum atomic E-state index is -1.03. The molecule has 1 aromatic carbocycles. The number of amides is 3. The van der Waals surface area contributed by atoms with Crippen molar-refractivity contribution in [3.05, 3.63) is 34.9 Å². The number of alkyl carbamates (subject to hydrolysis) is 1. The normalized spacial score (nSPS) is 13.7. The van der Waals surface area contributed by atoms with E-state index in [2.05, 4.69) is 37.1 Å². The number of rotatable bonds is 14. The molecule has 9 nitrogen and oxygen atoms in total. The second-order valence-corrected chi connectivity index (χ2v) is 11.9. The second kappa shape index (κ2) is 16.5. The van der Waals surface area contributed by atoms with E-state index in [-0.39, 0.29) is 31.4 Å². The van der Waals surface area contributed by atoms with Crippen molar-refractivity contribution >= 4 is 36.5 Å². The third-order valence-corrected chi connectivity index (χ3v) is 6.62. The Hall–Kier alpha value is -2.75. The maximum Gasteiger partial charge on any atom is 0.408 e. The number of nitrogens with one attached hydrogen (secondary N) is 2. The zero-order valence-corrected chi connectivity index (χ0v) is 26.5. The molecule has 0 bridgehead atoms. The molecule has 3 amide bonds. The van der Waals surface area contributed by atoms with Crippen molar-refractivity contribution in [2.24, 2.45) is 5.92 Å². The van der Waals surface area contributed by atoms with Crippen molar-refractivity contribution in [1.29, 1.82) is 0 Å². The van der Waals surface area contributed by atoms with Crippen LogP contribution >= 0.6 is 12.6 Å². The standard InChI is InChI=1S/C30H49N3O6S/c1-10-38-25(34)15-16-31-27(35)26(23-17-20(4)12-13-21(23)5)33(22(6)14-11-19(2)3)28(36)24(18-40)32-29(37)39-30(7,8)9/h12-13,17,19,22,24,26,40H,10-11,14-16,18H2,1-9H3,(H,31,35)(H,32,37). The van der Waals surface area contributed by atoms with Crippen molar-refractivity contribution in [2.75, 3.05) is 18.9 Å². The van der Waals surface area contributed by atoms with Crippen LogP contribution in [0, 0.1) is 19.8 Å². The first-order valence-corrected chi connectivity index (χ1v) is 14.7. The minimum absolute atomic E-state index is 0.00934. The van der Waals surface area contributed by atoms with Crippen molar-refractivity contribution < 1.29 is 28.7 Å². The summed E-state index contributed by atoms with van der Waals surface area (Å²) in [5, 5.41) is 5.48. The molecule has 3 unspecified atom stereocenters. The minimum Gasteiger partial charge on any atom is -0.466 e. The number of nitrogens with zero attached hydrogens (tertiary/aromatic N) is 1. The summed E-state index contributed by atoms with van der Waals surface area (Å²) in [5.41, 5.74) is 1.70. The van der Waals surface area contributed by atoms with Gasteiger partial charge in [-0.15, -0.1) is 0 Å². The number of hydrogen-bond acceptors (Lipinski definition) is 7. The molecule has 0 heterocycles. The molecule has 0 aliphatic rings. The zero-order valence-electron chi connectivity index (χ0n) is 25.6. The molecule has 3 atom stereocenters. The average molecular weight is 580 g/mol. The highest BCUT2D eigenvalue weighted by Gasteiger charge is 2.39. The van der Waals surface area contributed by atoms with E-state index in [1.165, 1.54) is 0 Å². The molecule has 0 spiro atoms. The molecule has 0 radical (unpaired) electrons. The van der Waals surface area contributed by atoms with E-state index in [0.29, 0.717) is 17.9 Å². The van der Waals surface area contributed by atoms with Crippen LogP contribution in [0.25, 0.3) is 0 Å². The summed E-state index contributed by atoms with van der Waals surface area (Å²) >= 11 is 4.36. The Morgan fingerprint density at radius 1 is 1.05 bits per heavy atom. The van der Waals surface area contributed by atoms with E-state index in [1.807, 2.05) is 39.0 Å². The van der Waals surface area contributed by atoms with Gasteiger partial charge < -0.3 is 25.0 Å². The fourth-order valence-electron chi connectivity index (χ4n) is 4.22. The number of hydrogen-bond donors (Lipinski definition) is 3. The molecule has 0 aromatic heterocycles. The monoisotopic (exact) mass is 579 g/mol. The number of benzene rings is 1.